The van der Waals surface area contributed by atoms with Gasteiger partial charge in [0.15, 0.2) is 0 Å². The number of aromatic nitrogens is 2. The molecule has 0 aliphatic carbocycles. The molecule has 110 valence electrons. The number of anilines is 4. The summed E-state index contributed by atoms with van der Waals surface area (Å²) in [5.74, 6) is 0.690. The average molecular weight is 294 g/mol. The lowest BCUT2D eigenvalue weighted by Crippen LogP contribution is -1.97. The largest absolute Gasteiger partial charge is 0.399 e. The molecule has 0 atom stereocenters. The first-order valence-corrected chi connectivity index (χ1v) is 6.52. The second kappa shape index (κ2) is 5.57. The van der Waals surface area contributed by atoms with E-state index in [4.69, 9.17) is 21.4 Å². The molecule has 0 saturated carbocycles. The minimum atomic E-state index is 0.318. The van der Waals surface area contributed by atoms with Gasteiger partial charge in [-0.3, -0.25) is 0 Å². The molecule has 0 aliphatic rings. The van der Waals surface area contributed by atoms with Crippen LogP contribution in [0, 0.1) is 5.41 Å². The Morgan fingerprint density at radius 2 is 2.00 bits per heavy atom. The van der Waals surface area contributed by atoms with E-state index in [1.54, 1.807) is 30.3 Å². The van der Waals surface area contributed by atoms with Crippen LogP contribution in [-0.2, 0) is 0 Å². The summed E-state index contributed by atoms with van der Waals surface area (Å²) in [5, 5.41) is 14.2. The zero-order chi connectivity index (χ0) is 15.5. The lowest BCUT2D eigenvalue weighted by Gasteiger charge is -2.04. The molecule has 0 aliphatic heterocycles. The summed E-state index contributed by atoms with van der Waals surface area (Å²) in [6, 6.07) is 12.4. The van der Waals surface area contributed by atoms with Gasteiger partial charge in [0.2, 0.25) is 0 Å². The Morgan fingerprint density at radius 3 is 2.77 bits per heavy atom. The van der Waals surface area contributed by atoms with Crippen molar-refractivity contribution in [2.75, 3.05) is 16.8 Å². The summed E-state index contributed by atoms with van der Waals surface area (Å²) in [7, 11) is 0. The van der Waals surface area contributed by atoms with Crippen LogP contribution in [0.15, 0.2) is 47.0 Å². The van der Waals surface area contributed by atoms with Gasteiger partial charge in [-0.15, -0.1) is 0 Å². The fourth-order valence-corrected chi connectivity index (χ4v) is 1.97. The molecular weight excluding hydrogens is 280 g/mol. The summed E-state index contributed by atoms with van der Waals surface area (Å²) in [4.78, 5) is 4.26. The molecule has 22 heavy (non-hydrogen) atoms. The van der Waals surface area contributed by atoms with E-state index in [2.05, 4.69) is 15.5 Å². The highest BCUT2D eigenvalue weighted by Crippen LogP contribution is 2.23. The van der Waals surface area contributed by atoms with E-state index in [0.29, 0.717) is 34.5 Å². The Balaban J connectivity index is 1.84. The van der Waals surface area contributed by atoms with Gasteiger partial charge in [0, 0.05) is 34.4 Å². The van der Waals surface area contributed by atoms with Crippen molar-refractivity contribution in [2.45, 2.75) is 0 Å². The predicted molar refractivity (Wildman–Crippen MR) is 86.2 cm³/mol. The summed E-state index contributed by atoms with van der Waals surface area (Å²) in [6.45, 7) is 0. The maximum atomic E-state index is 7.30. The summed E-state index contributed by atoms with van der Waals surface area (Å²) < 4.78 is 5.21. The zero-order valence-corrected chi connectivity index (χ0v) is 11.6. The summed E-state index contributed by atoms with van der Waals surface area (Å²) >= 11 is 0. The highest BCUT2D eigenvalue weighted by atomic mass is 16.5. The third-order valence-corrected chi connectivity index (χ3v) is 3.06. The van der Waals surface area contributed by atoms with E-state index >= 15 is 0 Å². The van der Waals surface area contributed by atoms with Gasteiger partial charge in [-0.1, -0.05) is 6.07 Å². The first kappa shape index (κ1) is 13.6. The fraction of sp³-hybridized carbons (Fsp3) is 0. The molecule has 0 saturated heterocycles. The van der Waals surface area contributed by atoms with Crippen LogP contribution in [0.4, 0.5) is 23.0 Å². The molecule has 1 heterocycles. The molecule has 3 rings (SSSR count). The topological polar surface area (TPSA) is 127 Å². The molecule has 1 aromatic heterocycles. The molecule has 7 nitrogen and oxygen atoms in total. The normalized spacial score (nSPS) is 10.4. The van der Waals surface area contributed by atoms with Gasteiger partial charge in [0.25, 0.3) is 11.8 Å². The second-order valence-corrected chi connectivity index (χ2v) is 4.66. The summed E-state index contributed by atoms with van der Waals surface area (Å²) in [6.07, 6.45) is 1.19. The van der Waals surface area contributed by atoms with E-state index in [1.807, 2.05) is 12.1 Å². The molecule has 2 aromatic carbocycles. The number of nitrogens with two attached hydrogens (primary N) is 2. The van der Waals surface area contributed by atoms with Crippen molar-refractivity contribution in [2.24, 2.45) is 0 Å². The molecule has 0 amide bonds. The Morgan fingerprint density at radius 1 is 1.14 bits per heavy atom. The monoisotopic (exact) mass is 294 g/mol. The SMILES string of the molecule is N=Cc1cc(Nc2noc(-c3cccc(N)c3)n2)ccc1N. The van der Waals surface area contributed by atoms with Crippen molar-refractivity contribution >= 4 is 29.2 Å². The van der Waals surface area contributed by atoms with E-state index in [-0.39, 0.29) is 0 Å². The van der Waals surface area contributed by atoms with Crippen LogP contribution in [0.25, 0.3) is 11.5 Å². The fourth-order valence-electron chi connectivity index (χ4n) is 1.97. The first-order chi connectivity index (χ1) is 10.7. The van der Waals surface area contributed by atoms with E-state index in [1.165, 1.54) is 6.21 Å². The Bertz CT molecular complexity index is 826. The average Bonchev–Trinajstić information content (AvgIpc) is 2.98. The number of nitrogens with one attached hydrogen (secondary N) is 2. The number of nitrogens with zero attached hydrogens (tertiary/aromatic N) is 2. The van der Waals surface area contributed by atoms with Gasteiger partial charge in [-0.2, -0.15) is 4.98 Å². The minimum Gasteiger partial charge on any atom is -0.399 e. The second-order valence-electron chi connectivity index (χ2n) is 4.66. The van der Waals surface area contributed by atoms with Crippen LogP contribution in [0.1, 0.15) is 5.56 Å². The quantitative estimate of drug-likeness (QED) is 0.432. The lowest BCUT2D eigenvalue weighted by atomic mass is 10.2. The number of rotatable bonds is 4. The maximum absolute atomic E-state index is 7.30. The lowest BCUT2D eigenvalue weighted by molar-refractivity contribution is 0.433. The van der Waals surface area contributed by atoms with Crippen LogP contribution in [0.2, 0.25) is 0 Å². The molecule has 7 heteroatoms. The molecule has 3 aromatic rings. The smallest absolute Gasteiger partial charge is 0.268 e. The minimum absolute atomic E-state index is 0.318. The van der Waals surface area contributed by atoms with E-state index in [9.17, 15) is 0 Å². The van der Waals surface area contributed by atoms with Crippen molar-refractivity contribution in [3.05, 3.63) is 48.0 Å². The van der Waals surface area contributed by atoms with Crippen molar-refractivity contribution in [3.8, 4) is 11.5 Å². The van der Waals surface area contributed by atoms with Crippen molar-refractivity contribution in [1.29, 1.82) is 5.41 Å². The number of hydrogen-bond acceptors (Lipinski definition) is 7. The van der Waals surface area contributed by atoms with Crippen LogP contribution in [0.3, 0.4) is 0 Å². The number of nitrogen functional groups attached to an aromatic ring is 2. The Hall–Kier alpha value is -3.35. The highest BCUT2D eigenvalue weighted by molar-refractivity contribution is 5.87. The molecule has 0 spiro atoms. The van der Waals surface area contributed by atoms with E-state index < -0.39 is 0 Å². The Kier molecular flexibility index (Phi) is 3.45. The predicted octanol–water partition coefficient (Wildman–Crippen LogP) is 2.64. The Labute approximate surface area is 126 Å². The number of hydrogen-bond donors (Lipinski definition) is 4. The third-order valence-electron chi connectivity index (χ3n) is 3.06. The van der Waals surface area contributed by atoms with Gasteiger partial charge in [0.05, 0.1) is 0 Å². The van der Waals surface area contributed by atoms with Gasteiger partial charge in [-0.25, -0.2) is 0 Å². The molecule has 0 bridgehead atoms. The van der Waals surface area contributed by atoms with Crippen molar-refractivity contribution < 1.29 is 4.52 Å². The molecule has 0 fully saturated rings. The first-order valence-electron chi connectivity index (χ1n) is 6.52. The zero-order valence-electron chi connectivity index (χ0n) is 11.6. The van der Waals surface area contributed by atoms with E-state index in [0.717, 1.165) is 5.56 Å². The maximum Gasteiger partial charge on any atom is 0.268 e. The molecular formula is C15H14N6O. The molecule has 0 radical (unpaired) electrons. The number of benzene rings is 2. The molecule has 0 unspecified atom stereocenters. The van der Waals surface area contributed by atoms with Gasteiger partial charge < -0.3 is 26.7 Å². The van der Waals surface area contributed by atoms with Gasteiger partial charge in [0.1, 0.15) is 0 Å². The van der Waals surface area contributed by atoms with Crippen LogP contribution < -0.4 is 16.8 Å². The van der Waals surface area contributed by atoms with Crippen molar-refractivity contribution in [1.82, 2.24) is 10.1 Å². The summed E-state index contributed by atoms with van der Waals surface area (Å²) in [5.41, 5.74) is 14.7. The van der Waals surface area contributed by atoms with Crippen LogP contribution in [0.5, 0.6) is 0 Å². The van der Waals surface area contributed by atoms with Crippen LogP contribution >= 0.6 is 0 Å². The third kappa shape index (κ3) is 2.73. The van der Waals surface area contributed by atoms with Gasteiger partial charge in [-0.05, 0) is 41.6 Å². The highest BCUT2D eigenvalue weighted by Gasteiger charge is 2.09. The molecule has 6 N–H and O–H groups in total. The van der Waals surface area contributed by atoms with Crippen LogP contribution in [-0.4, -0.2) is 16.4 Å². The van der Waals surface area contributed by atoms with Crippen molar-refractivity contribution in [3.63, 3.8) is 0 Å². The van der Waals surface area contributed by atoms with Gasteiger partial charge >= 0.3 is 0 Å². The standard InChI is InChI=1S/C15H14N6O/c16-8-10-7-12(4-5-13(10)18)19-15-20-14(22-21-15)9-2-1-3-11(17)6-9/h1-8,16H,17-18H2,(H,19,21).